The first kappa shape index (κ1) is 18.5. The highest BCUT2D eigenvalue weighted by Gasteiger charge is 2.20. The fourth-order valence-electron chi connectivity index (χ4n) is 3.10. The summed E-state index contributed by atoms with van der Waals surface area (Å²) in [7, 11) is 0. The Hall–Kier alpha value is -1.88. The predicted octanol–water partition coefficient (Wildman–Crippen LogP) is 2.58. The largest absolute Gasteiger partial charge is 0.466 e. The maximum Gasteiger partial charge on any atom is 0.308 e. The average Bonchev–Trinajstić information content (AvgIpc) is 2.61. The van der Waals surface area contributed by atoms with Crippen molar-refractivity contribution in [1.29, 1.82) is 0 Å². The number of hydrogen-bond donors (Lipinski definition) is 2. The van der Waals surface area contributed by atoms with Crippen LogP contribution in [0.25, 0.3) is 0 Å². The van der Waals surface area contributed by atoms with E-state index >= 15 is 0 Å². The van der Waals surface area contributed by atoms with E-state index in [1.54, 1.807) is 6.92 Å². The zero-order chi connectivity index (χ0) is 17.2. The molecule has 1 saturated heterocycles. The summed E-state index contributed by atoms with van der Waals surface area (Å²) in [6, 6.07) is 9.27. The molecule has 1 aliphatic rings. The number of esters is 1. The number of benzene rings is 1. The number of piperidine rings is 1. The van der Waals surface area contributed by atoms with Crippen LogP contribution in [-0.2, 0) is 14.3 Å². The molecule has 1 aromatic rings. The van der Waals surface area contributed by atoms with Gasteiger partial charge in [-0.1, -0.05) is 30.3 Å². The van der Waals surface area contributed by atoms with E-state index in [1.165, 1.54) is 0 Å². The third kappa shape index (κ3) is 6.32. The molecule has 2 rings (SSSR count). The molecule has 1 unspecified atom stereocenters. The van der Waals surface area contributed by atoms with Crippen molar-refractivity contribution in [3.05, 3.63) is 35.9 Å². The number of nitrogens with one attached hydrogen (secondary N) is 2. The number of hydrogen-bond acceptors (Lipinski definition) is 4. The molecule has 0 aromatic heterocycles. The van der Waals surface area contributed by atoms with Gasteiger partial charge >= 0.3 is 5.97 Å². The van der Waals surface area contributed by atoms with E-state index in [0.717, 1.165) is 37.9 Å². The minimum atomic E-state index is -0.328. The Morgan fingerprint density at radius 1 is 1.25 bits per heavy atom. The van der Waals surface area contributed by atoms with Gasteiger partial charge in [-0.25, -0.2) is 0 Å². The van der Waals surface area contributed by atoms with E-state index in [1.807, 2.05) is 30.3 Å². The van der Waals surface area contributed by atoms with Crippen molar-refractivity contribution < 1.29 is 14.3 Å². The zero-order valence-corrected chi connectivity index (χ0v) is 14.4. The lowest BCUT2D eigenvalue weighted by atomic mass is 9.93. The van der Waals surface area contributed by atoms with Crippen LogP contribution in [0, 0.1) is 5.92 Å². The Bertz CT molecular complexity index is 513. The van der Waals surface area contributed by atoms with Gasteiger partial charge < -0.3 is 15.4 Å². The molecule has 132 valence electrons. The zero-order valence-electron chi connectivity index (χ0n) is 14.4. The molecule has 0 radical (unpaired) electrons. The molecule has 1 aliphatic heterocycles. The molecule has 1 atom stereocenters. The van der Waals surface area contributed by atoms with Crippen molar-refractivity contribution in [3.63, 3.8) is 0 Å². The van der Waals surface area contributed by atoms with E-state index in [9.17, 15) is 9.59 Å². The standard InChI is InChI=1S/C19H28N2O3/c1-2-24-19(23)14-17(16-6-4-3-5-7-16)21-18(22)9-8-15-10-12-20-13-11-15/h3-7,15,17,20H,2,8-14H2,1H3,(H,21,22). The van der Waals surface area contributed by atoms with E-state index in [-0.39, 0.29) is 24.3 Å². The molecule has 1 heterocycles. The van der Waals surface area contributed by atoms with Crippen LogP contribution in [0.1, 0.15) is 50.6 Å². The van der Waals surface area contributed by atoms with Crippen molar-refractivity contribution in [1.82, 2.24) is 10.6 Å². The van der Waals surface area contributed by atoms with E-state index < -0.39 is 0 Å². The monoisotopic (exact) mass is 332 g/mol. The van der Waals surface area contributed by atoms with Crippen molar-refractivity contribution in [2.24, 2.45) is 5.92 Å². The van der Waals surface area contributed by atoms with Crippen LogP contribution >= 0.6 is 0 Å². The molecule has 0 bridgehead atoms. The fraction of sp³-hybridized carbons (Fsp3) is 0.579. The van der Waals surface area contributed by atoms with Crippen LogP contribution in [-0.4, -0.2) is 31.6 Å². The van der Waals surface area contributed by atoms with Gasteiger partial charge in [-0.3, -0.25) is 9.59 Å². The number of amides is 1. The Balaban J connectivity index is 1.88. The van der Waals surface area contributed by atoms with Crippen LogP contribution in [0.2, 0.25) is 0 Å². The fourth-order valence-corrected chi connectivity index (χ4v) is 3.10. The second kappa shape index (κ2) is 10.1. The highest BCUT2D eigenvalue weighted by molar-refractivity contribution is 5.78. The highest BCUT2D eigenvalue weighted by atomic mass is 16.5. The first-order chi connectivity index (χ1) is 11.7. The van der Waals surface area contributed by atoms with Crippen molar-refractivity contribution in [2.75, 3.05) is 19.7 Å². The Morgan fingerprint density at radius 3 is 2.62 bits per heavy atom. The Morgan fingerprint density at radius 2 is 1.96 bits per heavy atom. The smallest absolute Gasteiger partial charge is 0.308 e. The molecule has 1 fully saturated rings. The molecular weight excluding hydrogens is 304 g/mol. The van der Waals surface area contributed by atoms with Gasteiger partial charge in [0.25, 0.3) is 0 Å². The molecule has 1 aromatic carbocycles. The Labute approximate surface area is 144 Å². The summed E-state index contributed by atoms with van der Waals surface area (Å²) in [6.07, 6.45) is 3.86. The van der Waals surface area contributed by atoms with Crippen molar-refractivity contribution >= 4 is 11.9 Å². The first-order valence-electron chi connectivity index (χ1n) is 8.89. The third-order valence-electron chi connectivity index (χ3n) is 4.45. The second-order valence-electron chi connectivity index (χ2n) is 6.27. The number of carbonyl (C=O) groups excluding carboxylic acids is 2. The molecule has 0 saturated carbocycles. The van der Waals surface area contributed by atoms with E-state index in [2.05, 4.69) is 10.6 Å². The lowest BCUT2D eigenvalue weighted by Gasteiger charge is -2.23. The molecule has 0 spiro atoms. The predicted molar refractivity (Wildman–Crippen MR) is 93.4 cm³/mol. The summed E-state index contributed by atoms with van der Waals surface area (Å²) in [6.45, 7) is 4.22. The highest BCUT2D eigenvalue weighted by Crippen LogP contribution is 2.20. The second-order valence-corrected chi connectivity index (χ2v) is 6.27. The topological polar surface area (TPSA) is 67.4 Å². The molecule has 1 amide bonds. The summed E-state index contributed by atoms with van der Waals surface area (Å²) >= 11 is 0. The van der Waals surface area contributed by atoms with Gasteiger partial charge in [0.2, 0.25) is 5.91 Å². The number of carbonyl (C=O) groups is 2. The number of rotatable bonds is 8. The van der Waals surface area contributed by atoms with Gasteiger partial charge in [-0.15, -0.1) is 0 Å². The van der Waals surface area contributed by atoms with Gasteiger partial charge in [0, 0.05) is 6.42 Å². The molecule has 5 heteroatoms. The average molecular weight is 332 g/mol. The van der Waals surface area contributed by atoms with Crippen LogP contribution in [0.5, 0.6) is 0 Å². The van der Waals surface area contributed by atoms with E-state index in [4.69, 9.17) is 4.74 Å². The minimum absolute atomic E-state index is 0.00619. The molecule has 24 heavy (non-hydrogen) atoms. The molecule has 5 nitrogen and oxygen atoms in total. The van der Waals surface area contributed by atoms with Crippen LogP contribution in [0.4, 0.5) is 0 Å². The summed E-state index contributed by atoms with van der Waals surface area (Å²) in [5, 5.41) is 6.34. The lowest BCUT2D eigenvalue weighted by Crippen LogP contribution is -2.32. The van der Waals surface area contributed by atoms with Gasteiger partial charge in [-0.2, -0.15) is 0 Å². The van der Waals surface area contributed by atoms with Crippen LogP contribution in [0.15, 0.2) is 30.3 Å². The van der Waals surface area contributed by atoms with Crippen molar-refractivity contribution in [3.8, 4) is 0 Å². The lowest BCUT2D eigenvalue weighted by molar-refractivity contribution is -0.143. The third-order valence-corrected chi connectivity index (χ3v) is 4.45. The van der Waals surface area contributed by atoms with Crippen LogP contribution in [0.3, 0.4) is 0 Å². The SMILES string of the molecule is CCOC(=O)CC(NC(=O)CCC1CCNCC1)c1ccccc1. The van der Waals surface area contributed by atoms with Gasteiger partial charge in [0.05, 0.1) is 19.1 Å². The van der Waals surface area contributed by atoms with Crippen LogP contribution < -0.4 is 10.6 Å². The maximum atomic E-state index is 12.3. The summed E-state index contributed by atoms with van der Waals surface area (Å²) in [4.78, 5) is 24.2. The minimum Gasteiger partial charge on any atom is -0.466 e. The van der Waals surface area contributed by atoms with E-state index in [0.29, 0.717) is 18.9 Å². The molecular formula is C19H28N2O3. The first-order valence-corrected chi connectivity index (χ1v) is 8.89. The number of ether oxygens (including phenoxy) is 1. The van der Waals surface area contributed by atoms with Crippen molar-refractivity contribution in [2.45, 2.75) is 45.1 Å². The summed E-state index contributed by atoms with van der Waals surface area (Å²) < 4.78 is 5.03. The van der Waals surface area contributed by atoms with Gasteiger partial charge in [-0.05, 0) is 50.8 Å². The Kier molecular flexibility index (Phi) is 7.75. The van der Waals surface area contributed by atoms with Gasteiger partial charge in [0.15, 0.2) is 0 Å². The molecule has 2 N–H and O–H groups in total. The summed E-state index contributed by atoms with van der Waals surface area (Å²) in [5.41, 5.74) is 0.931. The quantitative estimate of drug-likeness (QED) is 0.718. The summed E-state index contributed by atoms with van der Waals surface area (Å²) in [5.74, 6) is 0.342. The normalized spacial score (nSPS) is 16.4. The maximum absolute atomic E-state index is 12.3. The molecule has 0 aliphatic carbocycles. The van der Waals surface area contributed by atoms with Gasteiger partial charge in [0.1, 0.15) is 0 Å².